The Morgan fingerprint density at radius 3 is 2.65 bits per heavy atom. The molecule has 0 saturated carbocycles. The van der Waals surface area contributed by atoms with Crippen LogP contribution in [0.2, 0.25) is 0 Å². The number of amides is 1. The Hall–Kier alpha value is -2.97. The predicted molar refractivity (Wildman–Crippen MR) is 142 cm³/mol. The highest BCUT2D eigenvalue weighted by molar-refractivity contribution is 8.26. The Balaban J connectivity index is 1.89. The fourth-order valence-electron chi connectivity index (χ4n) is 3.77. The lowest BCUT2D eigenvalue weighted by molar-refractivity contribution is -0.123. The summed E-state index contributed by atoms with van der Waals surface area (Å²) >= 11 is 6.66. The highest BCUT2D eigenvalue weighted by Gasteiger charge is 2.35. The number of carbonyl (C=O) groups excluding carboxylic acids is 1. The average Bonchev–Trinajstić information content (AvgIpc) is 3.08. The van der Waals surface area contributed by atoms with Crippen LogP contribution in [-0.4, -0.2) is 30.6 Å². The van der Waals surface area contributed by atoms with Crippen molar-refractivity contribution in [2.75, 3.05) is 0 Å². The Morgan fingerprint density at radius 1 is 1.18 bits per heavy atom. The lowest BCUT2D eigenvalue weighted by Gasteiger charge is -2.21. The molecule has 0 N–H and O–H groups in total. The van der Waals surface area contributed by atoms with Crippen molar-refractivity contribution in [3.63, 3.8) is 0 Å². The van der Waals surface area contributed by atoms with Crippen molar-refractivity contribution < 1.29 is 9.53 Å². The zero-order chi connectivity index (χ0) is 24.6. The van der Waals surface area contributed by atoms with Crippen LogP contribution in [-0.2, 0) is 4.79 Å². The Morgan fingerprint density at radius 2 is 1.94 bits per heavy atom. The van der Waals surface area contributed by atoms with E-state index in [9.17, 15) is 9.59 Å². The molecule has 0 spiro atoms. The molecule has 1 aliphatic rings. The summed E-state index contributed by atoms with van der Waals surface area (Å²) in [5.41, 5.74) is 2.41. The molecule has 1 saturated heterocycles. The van der Waals surface area contributed by atoms with Crippen molar-refractivity contribution in [3.05, 3.63) is 74.5 Å². The van der Waals surface area contributed by atoms with Gasteiger partial charge in [-0.05, 0) is 61.6 Å². The van der Waals surface area contributed by atoms with Crippen molar-refractivity contribution in [3.8, 4) is 11.6 Å². The van der Waals surface area contributed by atoms with Gasteiger partial charge in [-0.2, -0.15) is 4.98 Å². The number of nitrogens with zero attached hydrogens (tertiary/aromatic N) is 3. The third-order valence-corrected chi connectivity index (χ3v) is 7.19. The minimum Gasteiger partial charge on any atom is -0.438 e. The summed E-state index contributed by atoms with van der Waals surface area (Å²) in [4.78, 5) is 33.3. The van der Waals surface area contributed by atoms with E-state index in [2.05, 4.69) is 18.8 Å². The molecule has 1 aromatic carbocycles. The first-order valence-electron chi connectivity index (χ1n) is 11.3. The van der Waals surface area contributed by atoms with E-state index in [4.69, 9.17) is 17.0 Å². The molecule has 1 fully saturated rings. The van der Waals surface area contributed by atoms with Crippen molar-refractivity contribution >= 4 is 45.9 Å². The number of hydrogen-bond acceptors (Lipinski definition) is 6. The Kier molecular flexibility index (Phi) is 6.91. The highest BCUT2D eigenvalue weighted by Crippen LogP contribution is 2.37. The molecular weight excluding hydrogens is 466 g/mol. The first-order chi connectivity index (χ1) is 16.2. The molecule has 0 bridgehead atoms. The summed E-state index contributed by atoms with van der Waals surface area (Å²) in [5.74, 6) is 0.820. The largest absolute Gasteiger partial charge is 0.438 e. The van der Waals surface area contributed by atoms with Crippen LogP contribution in [0.15, 0.2) is 52.3 Å². The SMILES string of the molecule is CCC(C)N1C(=O)/C(=C\c2c(Oc3cc(C)ccc3C(C)C)nc3ccccn3c2=O)SC1=S. The molecule has 176 valence electrons. The summed E-state index contributed by atoms with van der Waals surface area (Å²) in [7, 11) is 0. The summed E-state index contributed by atoms with van der Waals surface area (Å²) in [6.45, 7) is 10.1. The number of aromatic nitrogens is 2. The molecule has 0 radical (unpaired) electrons. The number of rotatable bonds is 6. The molecule has 6 nitrogen and oxygen atoms in total. The van der Waals surface area contributed by atoms with E-state index >= 15 is 0 Å². The van der Waals surface area contributed by atoms with Gasteiger partial charge < -0.3 is 4.74 Å². The first-order valence-corrected chi connectivity index (χ1v) is 12.5. The maximum Gasteiger partial charge on any atom is 0.269 e. The third-order valence-electron chi connectivity index (χ3n) is 5.86. The van der Waals surface area contributed by atoms with E-state index in [0.717, 1.165) is 17.5 Å². The second kappa shape index (κ2) is 9.72. The molecule has 4 rings (SSSR count). The molecule has 1 amide bonds. The zero-order valence-corrected chi connectivity index (χ0v) is 21.5. The molecule has 3 aromatic rings. The molecule has 0 aliphatic carbocycles. The molecular formula is C26H27N3O3S2. The number of aryl methyl sites for hydroxylation is 1. The Bertz CT molecular complexity index is 1380. The first kappa shape index (κ1) is 24.2. The highest BCUT2D eigenvalue weighted by atomic mass is 32.2. The smallest absolute Gasteiger partial charge is 0.269 e. The van der Waals surface area contributed by atoms with Gasteiger partial charge in [0.1, 0.15) is 21.3 Å². The lowest BCUT2D eigenvalue weighted by Crippen LogP contribution is -2.36. The van der Waals surface area contributed by atoms with E-state index in [1.807, 2.05) is 45.0 Å². The summed E-state index contributed by atoms with van der Waals surface area (Å²) in [6.07, 6.45) is 4.00. The van der Waals surface area contributed by atoms with Crippen molar-refractivity contribution in [2.45, 2.75) is 53.0 Å². The number of benzene rings is 1. The van der Waals surface area contributed by atoms with Crippen LogP contribution in [0.3, 0.4) is 0 Å². The van der Waals surface area contributed by atoms with E-state index in [0.29, 0.717) is 20.6 Å². The van der Waals surface area contributed by atoms with E-state index < -0.39 is 0 Å². The maximum absolute atomic E-state index is 13.5. The van der Waals surface area contributed by atoms with Gasteiger partial charge in [0.05, 0.1) is 4.91 Å². The van der Waals surface area contributed by atoms with Crippen LogP contribution < -0.4 is 10.3 Å². The number of ether oxygens (including phenoxy) is 1. The van der Waals surface area contributed by atoms with Crippen molar-refractivity contribution in [1.82, 2.24) is 14.3 Å². The van der Waals surface area contributed by atoms with Gasteiger partial charge in [-0.15, -0.1) is 0 Å². The van der Waals surface area contributed by atoms with Gasteiger partial charge >= 0.3 is 0 Å². The monoisotopic (exact) mass is 493 g/mol. The van der Waals surface area contributed by atoms with Gasteiger partial charge in [0.2, 0.25) is 5.88 Å². The Labute approximate surface area is 208 Å². The number of carbonyl (C=O) groups is 1. The molecule has 8 heteroatoms. The molecule has 2 aromatic heterocycles. The third kappa shape index (κ3) is 4.52. The zero-order valence-electron chi connectivity index (χ0n) is 19.9. The molecule has 34 heavy (non-hydrogen) atoms. The number of fused-ring (bicyclic) bond motifs is 1. The summed E-state index contributed by atoms with van der Waals surface area (Å²) < 4.78 is 8.24. The standard InChI is InChI=1S/C26H27N3O3S2/c1-6-17(5)29-25(31)21(34-26(29)33)14-19-23(27-22-9-7-8-12-28(22)24(19)30)32-20-13-16(4)10-11-18(20)15(2)3/h7-15,17H,6H2,1-5H3/b21-14+. The van der Waals surface area contributed by atoms with Gasteiger partial charge in [-0.1, -0.05) is 63.0 Å². The van der Waals surface area contributed by atoms with Crippen molar-refractivity contribution in [1.29, 1.82) is 0 Å². The van der Waals surface area contributed by atoms with Crippen LogP contribution >= 0.6 is 24.0 Å². The number of thioether (sulfide) groups is 1. The van der Waals surface area contributed by atoms with E-state index in [1.54, 1.807) is 29.3 Å². The van der Waals surface area contributed by atoms with Crippen LogP contribution in [0.4, 0.5) is 0 Å². The topological polar surface area (TPSA) is 63.9 Å². The van der Waals surface area contributed by atoms with E-state index in [1.165, 1.54) is 16.2 Å². The van der Waals surface area contributed by atoms with Crippen LogP contribution in [0.1, 0.15) is 56.7 Å². The van der Waals surface area contributed by atoms with E-state index in [-0.39, 0.29) is 34.9 Å². The van der Waals surface area contributed by atoms with Crippen LogP contribution in [0.25, 0.3) is 11.7 Å². The predicted octanol–water partition coefficient (Wildman–Crippen LogP) is 5.92. The van der Waals surface area contributed by atoms with Gasteiger partial charge in [0, 0.05) is 12.2 Å². The minimum absolute atomic E-state index is 0.0224. The number of thiocarbonyl (C=S) groups is 1. The summed E-state index contributed by atoms with van der Waals surface area (Å²) in [5, 5.41) is 0. The lowest BCUT2D eigenvalue weighted by atomic mass is 10.0. The fraction of sp³-hybridized carbons (Fsp3) is 0.308. The second-order valence-electron chi connectivity index (χ2n) is 8.67. The molecule has 1 atom stereocenters. The van der Waals surface area contributed by atoms with Crippen molar-refractivity contribution in [2.24, 2.45) is 0 Å². The number of pyridine rings is 1. The van der Waals surface area contributed by atoms with Gasteiger partial charge in [0.25, 0.3) is 11.5 Å². The normalized spacial score (nSPS) is 16.2. The fourth-order valence-corrected chi connectivity index (χ4v) is 5.21. The van der Waals surface area contributed by atoms with Gasteiger partial charge in [-0.3, -0.25) is 18.9 Å². The summed E-state index contributed by atoms with van der Waals surface area (Å²) in [6, 6.07) is 11.3. The maximum atomic E-state index is 13.5. The second-order valence-corrected chi connectivity index (χ2v) is 10.3. The number of hydrogen-bond donors (Lipinski definition) is 0. The molecule has 3 heterocycles. The van der Waals surface area contributed by atoms with Crippen LogP contribution in [0, 0.1) is 6.92 Å². The molecule has 1 aliphatic heterocycles. The molecule has 1 unspecified atom stereocenters. The quantitative estimate of drug-likeness (QED) is 0.314. The van der Waals surface area contributed by atoms with Gasteiger partial charge in [-0.25, -0.2) is 0 Å². The van der Waals surface area contributed by atoms with Gasteiger partial charge in [0.15, 0.2) is 0 Å². The minimum atomic E-state index is -0.312. The average molecular weight is 494 g/mol. The van der Waals surface area contributed by atoms with Crippen LogP contribution in [0.5, 0.6) is 11.6 Å².